The highest BCUT2D eigenvalue weighted by molar-refractivity contribution is 6.30. The molecule has 0 unspecified atom stereocenters. The molecule has 0 bridgehead atoms. The Morgan fingerprint density at radius 1 is 1.18 bits per heavy atom. The summed E-state index contributed by atoms with van der Waals surface area (Å²) in [6, 6.07) is 16.9. The summed E-state index contributed by atoms with van der Waals surface area (Å²) >= 11 is 6.00. The van der Waals surface area contributed by atoms with Crippen molar-refractivity contribution in [1.29, 1.82) is 0 Å². The fraction of sp³-hybridized carbons (Fsp3) is 0.250. The molecule has 1 saturated heterocycles. The SMILES string of the molecule is Cc1noc(-c2ccccc2)c1NC(=O)N1CCC[C@@H]1c1ncnn1Cc1ccc(Cl)cc1. The fourth-order valence-electron chi connectivity index (χ4n) is 4.18. The van der Waals surface area contributed by atoms with Gasteiger partial charge in [0.05, 0.1) is 12.6 Å². The van der Waals surface area contributed by atoms with Gasteiger partial charge in [-0.2, -0.15) is 5.10 Å². The highest BCUT2D eigenvalue weighted by atomic mass is 35.5. The third-order valence-corrected chi connectivity index (χ3v) is 6.09. The fourth-order valence-corrected chi connectivity index (χ4v) is 4.30. The van der Waals surface area contributed by atoms with Crippen molar-refractivity contribution in [2.45, 2.75) is 32.4 Å². The molecule has 0 spiro atoms. The van der Waals surface area contributed by atoms with E-state index in [-0.39, 0.29) is 12.1 Å². The molecule has 3 heterocycles. The minimum atomic E-state index is -0.206. The number of carbonyl (C=O) groups is 1. The van der Waals surface area contributed by atoms with Crippen LogP contribution in [0, 0.1) is 6.92 Å². The third kappa shape index (κ3) is 4.34. The quantitative estimate of drug-likeness (QED) is 0.434. The molecule has 0 radical (unpaired) electrons. The topological polar surface area (TPSA) is 89.1 Å². The van der Waals surface area contributed by atoms with Crippen molar-refractivity contribution in [3.63, 3.8) is 0 Å². The number of likely N-dealkylation sites (tertiary alicyclic amines) is 1. The number of hydrogen-bond donors (Lipinski definition) is 1. The molecule has 2 aromatic heterocycles. The average Bonchev–Trinajstić information content (AvgIpc) is 3.56. The standard InChI is InChI=1S/C24H23ClN6O2/c1-16-21(22(33-29-16)18-6-3-2-4-7-18)28-24(32)30-13-5-8-20(30)23-26-15-27-31(23)14-17-9-11-19(25)12-10-17/h2-4,6-7,9-12,15,20H,5,8,13-14H2,1H3,(H,28,32)/t20-/m1/s1. The maximum absolute atomic E-state index is 13.3. The van der Waals surface area contributed by atoms with E-state index in [0.717, 1.165) is 29.8 Å². The zero-order valence-electron chi connectivity index (χ0n) is 18.1. The van der Waals surface area contributed by atoms with Gasteiger partial charge in [-0.3, -0.25) is 0 Å². The van der Waals surface area contributed by atoms with E-state index < -0.39 is 0 Å². The smallest absolute Gasteiger partial charge is 0.322 e. The number of aromatic nitrogens is 4. The van der Waals surface area contributed by atoms with Crippen molar-refractivity contribution >= 4 is 23.3 Å². The Balaban J connectivity index is 1.36. The first-order valence-electron chi connectivity index (χ1n) is 10.8. The lowest BCUT2D eigenvalue weighted by Crippen LogP contribution is -2.35. The van der Waals surface area contributed by atoms with Crippen LogP contribution in [0.25, 0.3) is 11.3 Å². The maximum Gasteiger partial charge on any atom is 0.322 e. The molecular formula is C24H23ClN6O2. The first-order chi connectivity index (χ1) is 16.1. The summed E-state index contributed by atoms with van der Waals surface area (Å²) in [5.74, 6) is 1.31. The van der Waals surface area contributed by atoms with Gasteiger partial charge in [-0.25, -0.2) is 14.5 Å². The van der Waals surface area contributed by atoms with Crippen LogP contribution in [0.15, 0.2) is 65.4 Å². The molecule has 0 saturated carbocycles. The first kappa shape index (κ1) is 21.2. The van der Waals surface area contributed by atoms with Crippen LogP contribution in [-0.4, -0.2) is 37.4 Å². The van der Waals surface area contributed by atoms with Gasteiger partial charge in [0.25, 0.3) is 0 Å². The van der Waals surface area contributed by atoms with Gasteiger partial charge in [-0.15, -0.1) is 0 Å². The Kier molecular flexibility index (Phi) is 5.83. The van der Waals surface area contributed by atoms with Crippen molar-refractivity contribution < 1.29 is 9.32 Å². The number of nitrogens with zero attached hydrogens (tertiary/aromatic N) is 5. The number of aryl methyl sites for hydroxylation is 1. The summed E-state index contributed by atoms with van der Waals surface area (Å²) in [6.07, 6.45) is 3.25. The number of nitrogens with one attached hydrogen (secondary N) is 1. The summed E-state index contributed by atoms with van der Waals surface area (Å²) < 4.78 is 7.37. The van der Waals surface area contributed by atoms with E-state index in [4.69, 9.17) is 16.1 Å². The number of halogens is 1. The van der Waals surface area contributed by atoms with Gasteiger partial charge in [-0.1, -0.05) is 59.2 Å². The van der Waals surface area contributed by atoms with Gasteiger partial charge in [0.1, 0.15) is 23.5 Å². The van der Waals surface area contributed by atoms with Gasteiger partial charge in [0, 0.05) is 17.1 Å². The van der Waals surface area contributed by atoms with Crippen molar-refractivity contribution in [2.24, 2.45) is 0 Å². The lowest BCUT2D eigenvalue weighted by atomic mass is 10.1. The highest BCUT2D eigenvalue weighted by Crippen LogP contribution is 2.34. The summed E-state index contributed by atoms with van der Waals surface area (Å²) in [5, 5.41) is 12.2. The normalized spacial score (nSPS) is 15.7. The predicted octanol–water partition coefficient (Wildman–Crippen LogP) is 5.31. The van der Waals surface area contributed by atoms with Crippen LogP contribution in [0.2, 0.25) is 5.02 Å². The van der Waals surface area contributed by atoms with Crippen LogP contribution in [-0.2, 0) is 6.54 Å². The number of urea groups is 1. The first-order valence-corrected chi connectivity index (χ1v) is 11.2. The van der Waals surface area contributed by atoms with Gasteiger partial charge in [-0.05, 0) is 37.5 Å². The summed E-state index contributed by atoms with van der Waals surface area (Å²) in [4.78, 5) is 19.6. The van der Waals surface area contributed by atoms with Crippen LogP contribution in [0.5, 0.6) is 0 Å². The Bertz CT molecular complexity index is 1250. The van der Waals surface area contributed by atoms with Gasteiger partial charge in [0.2, 0.25) is 0 Å². The molecule has 8 nitrogen and oxygen atoms in total. The summed E-state index contributed by atoms with van der Waals surface area (Å²) in [7, 11) is 0. The Morgan fingerprint density at radius 3 is 2.76 bits per heavy atom. The zero-order chi connectivity index (χ0) is 22.8. The second-order valence-corrected chi connectivity index (χ2v) is 8.46. The highest BCUT2D eigenvalue weighted by Gasteiger charge is 2.34. The molecule has 33 heavy (non-hydrogen) atoms. The maximum atomic E-state index is 13.3. The number of benzene rings is 2. The number of anilines is 1. The molecule has 1 atom stereocenters. The number of hydrogen-bond acceptors (Lipinski definition) is 5. The molecule has 5 rings (SSSR count). The molecule has 1 aliphatic rings. The van der Waals surface area contributed by atoms with E-state index >= 15 is 0 Å². The summed E-state index contributed by atoms with van der Waals surface area (Å²) in [6.45, 7) is 3.01. The van der Waals surface area contributed by atoms with Gasteiger partial charge < -0.3 is 14.7 Å². The molecule has 2 aromatic carbocycles. The largest absolute Gasteiger partial charge is 0.354 e. The molecule has 1 aliphatic heterocycles. The number of amides is 2. The molecular weight excluding hydrogens is 440 g/mol. The lowest BCUT2D eigenvalue weighted by molar-refractivity contribution is 0.203. The van der Waals surface area contributed by atoms with Crippen LogP contribution in [0.4, 0.5) is 10.5 Å². The monoisotopic (exact) mass is 462 g/mol. The van der Waals surface area contributed by atoms with E-state index in [2.05, 4.69) is 20.6 Å². The Labute approximate surface area is 196 Å². The van der Waals surface area contributed by atoms with Crippen LogP contribution >= 0.6 is 11.6 Å². The van der Waals surface area contributed by atoms with E-state index in [1.54, 1.807) is 0 Å². The molecule has 9 heteroatoms. The zero-order valence-corrected chi connectivity index (χ0v) is 18.9. The second kappa shape index (κ2) is 9.07. The predicted molar refractivity (Wildman–Crippen MR) is 125 cm³/mol. The van der Waals surface area contributed by atoms with E-state index in [1.165, 1.54) is 6.33 Å². The number of carbonyl (C=O) groups excluding carboxylic acids is 1. The van der Waals surface area contributed by atoms with Gasteiger partial charge in [0.15, 0.2) is 5.76 Å². The van der Waals surface area contributed by atoms with Crippen LogP contribution in [0.1, 0.15) is 36.0 Å². The van der Waals surface area contributed by atoms with Crippen molar-refractivity contribution in [3.8, 4) is 11.3 Å². The van der Waals surface area contributed by atoms with Crippen molar-refractivity contribution in [1.82, 2.24) is 24.8 Å². The van der Waals surface area contributed by atoms with Crippen molar-refractivity contribution in [3.05, 3.63) is 83.0 Å². The third-order valence-electron chi connectivity index (χ3n) is 5.83. The number of rotatable bonds is 5. The molecule has 1 N–H and O–H groups in total. The van der Waals surface area contributed by atoms with E-state index in [0.29, 0.717) is 35.3 Å². The van der Waals surface area contributed by atoms with Crippen LogP contribution in [0.3, 0.4) is 0 Å². The minimum Gasteiger partial charge on any atom is -0.354 e. The van der Waals surface area contributed by atoms with Crippen molar-refractivity contribution in [2.75, 3.05) is 11.9 Å². The average molecular weight is 463 g/mol. The second-order valence-electron chi connectivity index (χ2n) is 8.02. The lowest BCUT2D eigenvalue weighted by Gasteiger charge is -2.24. The van der Waals surface area contributed by atoms with Crippen LogP contribution < -0.4 is 5.32 Å². The van der Waals surface area contributed by atoms with Gasteiger partial charge >= 0.3 is 6.03 Å². The summed E-state index contributed by atoms with van der Waals surface area (Å²) in [5.41, 5.74) is 3.13. The minimum absolute atomic E-state index is 0.167. The Morgan fingerprint density at radius 2 is 1.97 bits per heavy atom. The van der Waals surface area contributed by atoms with E-state index in [9.17, 15) is 4.79 Å². The van der Waals surface area contributed by atoms with E-state index in [1.807, 2.05) is 71.1 Å². The Hall–Kier alpha value is -3.65. The molecule has 1 fully saturated rings. The molecule has 2 amide bonds. The molecule has 0 aliphatic carbocycles. The molecule has 168 valence electrons. The molecule has 4 aromatic rings.